The van der Waals surface area contributed by atoms with Gasteiger partial charge in [0.05, 0.1) is 11.1 Å². The summed E-state index contributed by atoms with van der Waals surface area (Å²) < 4.78 is 79.5. The first-order chi connectivity index (χ1) is 17.8. The van der Waals surface area contributed by atoms with E-state index < -0.39 is 23.5 Å². The van der Waals surface area contributed by atoms with Gasteiger partial charge in [0, 0.05) is 11.7 Å². The maximum atomic E-state index is 13.4. The Morgan fingerprint density at radius 2 is 1.42 bits per heavy atom. The van der Waals surface area contributed by atoms with Crippen molar-refractivity contribution < 1.29 is 26.3 Å². The minimum absolute atomic E-state index is 0.0235. The predicted octanol–water partition coefficient (Wildman–Crippen LogP) is 9.45. The molecule has 0 amide bonds. The molecule has 0 saturated carbocycles. The lowest BCUT2D eigenvalue weighted by atomic mass is 9.92. The van der Waals surface area contributed by atoms with E-state index in [1.54, 1.807) is 6.08 Å². The topological polar surface area (TPSA) is 12.0 Å². The number of hydrogen-bond acceptors (Lipinski definition) is 1. The summed E-state index contributed by atoms with van der Waals surface area (Å²) in [5, 5.41) is 3.54. The van der Waals surface area contributed by atoms with Crippen molar-refractivity contribution in [3.8, 4) is 0 Å². The van der Waals surface area contributed by atoms with Crippen LogP contribution in [-0.2, 0) is 12.4 Å². The molecule has 1 aliphatic rings. The zero-order valence-electron chi connectivity index (χ0n) is 21.1. The fraction of sp³-hybridized carbons (Fsp3) is 0.226. The maximum Gasteiger partial charge on any atom is 0.416 e. The average molecular weight is 528 g/mol. The standard InChI is InChI=1S/C31H27F6N/c1-19-15-20(2)29(21(3)16-19)38-27-13-7-22(8-14-27)17-28(23-9-11-25(12-10-23)30(32,33)34)24-5-4-6-26(18-24)31(35,36)37/h4-13,15-18,27,38H,14H2,1-3H3. The van der Waals surface area contributed by atoms with Crippen molar-refractivity contribution in [3.05, 3.63) is 129 Å². The molecule has 3 aromatic rings. The fourth-order valence-corrected chi connectivity index (χ4v) is 4.65. The largest absolute Gasteiger partial charge is 0.416 e. The summed E-state index contributed by atoms with van der Waals surface area (Å²) in [5.74, 6) is 0. The van der Waals surface area contributed by atoms with Crippen molar-refractivity contribution in [2.24, 2.45) is 0 Å². The molecule has 0 heterocycles. The van der Waals surface area contributed by atoms with Crippen LogP contribution in [0.5, 0.6) is 0 Å². The summed E-state index contributed by atoms with van der Waals surface area (Å²) in [6, 6.07) is 13.5. The highest BCUT2D eigenvalue weighted by Crippen LogP contribution is 2.35. The van der Waals surface area contributed by atoms with Crippen molar-refractivity contribution >= 4 is 11.3 Å². The summed E-state index contributed by atoms with van der Waals surface area (Å²) in [6.45, 7) is 6.14. The van der Waals surface area contributed by atoms with Gasteiger partial charge in [-0.2, -0.15) is 26.3 Å². The molecule has 1 aliphatic carbocycles. The molecule has 3 aromatic carbocycles. The van der Waals surface area contributed by atoms with Crippen LogP contribution < -0.4 is 5.32 Å². The van der Waals surface area contributed by atoms with Crippen LogP contribution in [0.25, 0.3) is 5.57 Å². The van der Waals surface area contributed by atoms with Gasteiger partial charge in [0.2, 0.25) is 0 Å². The molecule has 1 unspecified atom stereocenters. The van der Waals surface area contributed by atoms with Crippen molar-refractivity contribution in [1.82, 2.24) is 0 Å². The Morgan fingerprint density at radius 3 is 1.97 bits per heavy atom. The Morgan fingerprint density at radius 1 is 0.789 bits per heavy atom. The lowest BCUT2D eigenvalue weighted by Crippen LogP contribution is -2.19. The van der Waals surface area contributed by atoms with Gasteiger partial charge >= 0.3 is 12.4 Å². The van der Waals surface area contributed by atoms with E-state index in [-0.39, 0.29) is 11.6 Å². The minimum atomic E-state index is -4.55. The maximum absolute atomic E-state index is 13.4. The Balaban J connectivity index is 1.66. The predicted molar refractivity (Wildman–Crippen MR) is 140 cm³/mol. The summed E-state index contributed by atoms with van der Waals surface area (Å²) in [6.07, 6.45) is -0.877. The van der Waals surface area contributed by atoms with Gasteiger partial charge in [0.25, 0.3) is 0 Å². The summed E-state index contributed by atoms with van der Waals surface area (Å²) in [7, 11) is 0. The van der Waals surface area contributed by atoms with E-state index in [9.17, 15) is 26.3 Å². The van der Waals surface area contributed by atoms with Crippen LogP contribution >= 0.6 is 0 Å². The molecule has 0 spiro atoms. The van der Waals surface area contributed by atoms with Crippen LogP contribution in [0.3, 0.4) is 0 Å². The van der Waals surface area contributed by atoms with Crippen molar-refractivity contribution in [1.29, 1.82) is 0 Å². The Kier molecular flexibility index (Phi) is 7.58. The fourth-order valence-electron chi connectivity index (χ4n) is 4.65. The van der Waals surface area contributed by atoms with Crippen LogP contribution in [0, 0.1) is 20.8 Å². The Labute approximate surface area is 218 Å². The quantitative estimate of drug-likeness (QED) is 0.326. The number of nitrogens with one attached hydrogen (secondary N) is 1. The van der Waals surface area contributed by atoms with E-state index >= 15 is 0 Å². The number of benzene rings is 3. The van der Waals surface area contributed by atoms with Crippen molar-refractivity contribution in [3.63, 3.8) is 0 Å². The molecule has 0 radical (unpaired) electrons. The van der Waals surface area contributed by atoms with Crippen LogP contribution in [-0.4, -0.2) is 6.04 Å². The third-order valence-electron chi connectivity index (χ3n) is 6.47. The second kappa shape index (κ2) is 10.6. The minimum Gasteiger partial charge on any atom is -0.378 e. The first kappa shape index (κ1) is 27.3. The highest BCUT2D eigenvalue weighted by molar-refractivity contribution is 5.82. The molecular weight excluding hydrogens is 500 g/mol. The van der Waals surface area contributed by atoms with Crippen molar-refractivity contribution in [2.75, 3.05) is 5.32 Å². The molecule has 38 heavy (non-hydrogen) atoms. The molecule has 1 N–H and O–H groups in total. The third kappa shape index (κ3) is 6.39. The van der Waals surface area contributed by atoms with E-state index in [1.807, 2.05) is 39.0 Å². The molecule has 0 bridgehead atoms. The molecule has 198 valence electrons. The number of aryl methyl sites for hydroxylation is 3. The number of alkyl halides is 6. The molecular formula is C31H27F6N. The Bertz CT molecular complexity index is 1380. The lowest BCUT2D eigenvalue weighted by molar-refractivity contribution is -0.138. The zero-order valence-corrected chi connectivity index (χ0v) is 21.1. The van der Waals surface area contributed by atoms with E-state index in [0.717, 1.165) is 46.7 Å². The lowest BCUT2D eigenvalue weighted by Gasteiger charge is -2.22. The molecule has 1 nitrogen and oxygen atoms in total. The summed E-state index contributed by atoms with van der Waals surface area (Å²) in [4.78, 5) is 0. The highest BCUT2D eigenvalue weighted by atomic mass is 19.4. The number of allylic oxidation sites excluding steroid dienone is 3. The average Bonchev–Trinajstić information content (AvgIpc) is 2.85. The first-order valence-corrected chi connectivity index (χ1v) is 12.1. The van der Waals surface area contributed by atoms with Crippen LogP contribution in [0.15, 0.2) is 90.5 Å². The smallest absolute Gasteiger partial charge is 0.378 e. The SMILES string of the molecule is Cc1cc(C)c(NC2C=CC(C=C(c3ccc(C(F)(F)F)cc3)c3cccc(C(F)(F)F)c3)=CC2)c(C)c1. The first-order valence-electron chi connectivity index (χ1n) is 12.1. The number of hydrogen-bond donors (Lipinski definition) is 1. The molecule has 7 heteroatoms. The number of anilines is 1. The number of halogens is 6. The molecule has 0 fully saturated rings. The van der Waals surface area contributed by atoms with Gasteiger partial charge in [-0.05, 0) is 90.9 Å². The van der Waals surface area contributed by atoms with Crippen molar-refractivity contribution in [2.45, 2.75) is 45.6 Å². The molecule has 0 saturated heterocycles. The second-order valence-electron chi connectivity index (χ2n) is 9.54. The number of rotatable bonds is 5. The van der Waals surface area contributed by atoms with E-state index in [4.69, 9.17) is 0 Å². The van der Waals surface area contributed by atoms with Gasteiger partial charge in [-0.3, -0.25) is 0 Å². The summed E-state index contributed by atoms with van der Waals surface area (Å²) >= 11 is 0. The monoisotopic (exact) mass is 527 g/mol. The summed E-state index contributed by atoms with van der Waals surface area (Å²) in [5.41, 5.74) is 4.68. The molecule has 4 rings (SSSR count). The van der Waals surface area contributed by atoms with Gasteiger partial charge in [0.15, 0.2) is 0 Å². The van der Waals surface area contributed by atoms with Crippen LogP contribution in [0.1, 0.15) is 45.4 Å². The Hall–Kier alpha value is -3.74. The van der Waals surface area contributed by atoms with Gasteiger partial charge in [0.1, 0.15) is 0 Å². The zero-order chi connectivity index (χ0) is 27.7. The van der Waals surface area contributed by atoms with E-state index in [1.165, 1.54) is 29.8 Å². The third-order valence-corrected chi connectivity index (χ3v) is 6.47. The van der Waals surface area contributed by atoms with Crippen LogP contribution in [0.2, 0.25) is 0 Å². The van der Waals surface area contributed by atoms with Gasteiger partial charge < -0.3 is 5.32 Å². The van der Waals surface area contributed by atoms with E-state index in [0.29, 0.717) is 17.6 Å². The molecule has 0 aliphatic heterocycles. The van der Waals surface area contributed by atoms with Crippen LogP contribution in [0.4, 0.5) is 32.0 Å². The normalized spacial score (nSPS) is 16.4. The van der Waals surface area contributed by atoms with E-state index in [2.05, 4.69) is 17.4 Å². The molecule has 0 aromatic heterocycles. The highest BCUT2D eigenvalue weighted by Gasteiger charge is 2.31. The van der Waals surface area contributed by atoms with Gasteiger partial charge in [-0.25, -0.2) is 0 Å². The molecule has 1 atom stereocenters. The second-order valence-corrected chi connectivity index (χ2v) is 9.54. The van der Waals surface area contributed by atoms with Gasteiger partial charge in [-0.15, -0.1) is 0 Å². The van der Waals surface area contributed by atoms with Gasteiger partial charge in [-0.1, -0.05) is 60.2 Å².